The van der Waals surface area contributed by atoms with E-state index in [1.165, 1.54) is 10.5 Å². The Bertz CT molecular complexity index is 1150. The largest absolute Gasteiger partial charge is 0.359 e. The topological polar surface area (TPSA) is 86.1 Å². The summed E-state index contributed by atoms with van der Waals surface area (Å²) in [7, 11) is 2.05. The van der Waals surface area contributed by atoms with Gasteiger partial charge in [-0.3, -0.25) is 9.69 Å². The standard InChI is InChI=1S/C27H30N4O3/c1-3-20-13-15-22(16-14-20)31-26(33)29-24-12-8-7-11-23(24)27(31,34)25(32)28-17-18-30(2)19-21-9-5-4-6-10-21/h4-16,34H,3,17-19H2,1-2H3,(H,28,32)(H,29,33)/p+1. The van der Waals surface area contributed by atoms with E-state index < -0.39 is 17.7 Å². The molecule has 7 nitrogen and oxygen atoms in total. The van der Waals surface area contributed by atoms with Gasteiger partial charge in [0.1, 0.15) is 6.54 Å². The number of hydrogen-bond donors (Lipinski definition) is 4. The Kier molecular flexibility index (Phi) is 6.95. The summed E-state index contributed by atoms with van der Waals surface area (Å²) in [6, 6.07) is 23.7. The highest BCUT2D eigenvalue weighted by Gasteiger charge is 2.51. The van der Waals surface area contributed by atoms with Gasteiger partial charge in [-0.05, 0) is 30.2 Å². The highest BCUT2D eigenvalue weighted by atomic mass is 16.3. The van der Waals surface area contributed by atoms with E-state index in [9.17, 15) is 14.7 Å². The summed E-state index contributed by atoms with van der Waals surface area (Å²) in [5, 5.41) is 17.5. The molecule has 2 unspecified atom stereocenters. The fourth-order valence-corrected chi connectivity index (χ4v) is 4.29. The van der Waals surface area contributed by atoms with Gasteiger partial charge >= 0.3 is 6.03 Å². The quantitative estimate of drug-likeness (QED) is 0.417. The number of aliphatic hydroxyl groups is 1. The first-order valence-corrected chi connectivity index (χ1v) is 11.6. The predicted molar refractivity (Wildman–Crippen MR) is 133 cm³/mol. The van der Waals surface area contributed by atoms with Crippen molar-refractivity contribution in [2.45, 2.75) is 25.6 Å². The molecule has 0 spiro atoms. The van der Waals surface area contributed by atoms with Crippen LogP contribution in [0.25, 0.3) is 0 Å². The number of quaternary nitrogens is 1. The first-order chi connectivity index (χ1) is 16.4. The number of nitrogens with zero attached hydrogens (tertiary/aromatic N) is 1. The molecule has 7 heteroatoms. The van der Waals surface area contributed by atoms with Gasteiger partial charge < -0.3 is 20.6 Å². The van der Waals surface area contributed by atoms with Gasteiger partial charge in [0.05, 0.1) is 25.8 Å². The number of carbonyl (C=O) groups is 2. The summed E-state index contributed by atoms with van der Waals surface area (Å²) in [4.78, 5) is 28.9. The van der Waals surface area contributed by atoms with Crippen LogP contribution in [0.1, 0.15) is 23.6 Å². The third-order valence-electron chi connectivity index (χ3n) is 6.18. The summed E-state index contributed by atoms with van der Waals surface area (Å²) in [5.74, 6) is -0.637. The Balaban J connectivity index is 1.56. The van der Waals surface area contributed by atoms with Gasteiger partial charge in [-0.1, -0.05) is 67.6 Å². The van der Waals surface area contributed by atoms with E-state index >= 15 is 0 Å². The smallest absolute Gasteiger partial charge is 0.329 e. The van der Waals surface area contributed by atoms with Gasteiger partial charge in [-0.2, -0.15) is 0 Å². The lowest BCUT2D eigenvalue weighted by Crippen LogP contribution is -3.08. The van der Waals surface area contributed by atoms with E-state index in [0.717, 1.165) is 23.4 Å². The number of anilines is 2. The molecule has 3 aromatic rings. The summed E-state index contributed by atoms with van der Waals surface area (Å²) >= 11 is 0. The molecule has 2 atom stereocenters. The van der Waals surface area contributed by atoms with Crippen LogP contribution >= 0.6 is 0 Å². The number of rotatable bonds is 8. The number of amides is 3. The number of para-hydroxylation sites is 1. The lowest BCUT2D eigenvalue weighted by molar-refractivity contribution is -0.892. The lowest BCUT2D eigenvalue weighted by Gasteiger charge is -2.42. The van der Waals surface area contributed by atoms with Crippen LogP contribution in [-0.4, -0.2) is 37.2 Å². The second-order valence-electron chi connectivity index (χ2n) is 8.63. The third-order valence-corrected chi connectivity index (χ3v) is 6.18. The van der Waals surface area contributed by atoms with Gasteiger partial charge in [0, 0.05) is 16.8 Å². The van der Waals surface area contributed by atoms with Gasteiger partial charge in [0.2, 0.25) is 0 Å². The molecule has 0 bridgehead atoms. The normalized spacial score (nSPS) is 18.1. The molecule has 1 aliphatic rings. The van der Waals surface area contributed by atoms with E-state index in [1.807, 2.05) is 37.3 Å². The van der Waals surface area contributed by atoms with Crippen LogP contribution in [0.15, 0.2) is 78.9 Å². The molecule has 3 amide bonds. The van der Waals surface area contributed by atoms with Crippen molar-refractivity contribution in [3.8, 4) is 0 Å². The Morgan fingerprint density at radius 1 is 1.00 bits per heavy atom. The average molecular weight is 460 g/mol. The molecular weight excluding hydrogens is 428 g/mol. The van der Waals surface area contributed by atoms with Crippen LogP contribution in [0, 0.1) is 0 Å². The number of benzene rings is 3. The van der Waals surface area contributed by atoms with Gasteiger partial charge in [-0.15, -0.1) is 0 Å². The Labute approximate surface area is 200 Å². The maximum absolute atomic E-state index is 13.5. The minimum atomic E-state index is -2.18. The number of urea groups is 1. The van der Waals surface area contributed by atoms with Crippen molar-refractivity contribution < 1.29 is 19.6 Å². The number of likely N-dealkylation sites (N-methyl/N-ethyl adjacent to an activating group) is 1. The van der Waals surface area contributed by atoms with E-state index in [-0.39, 0.29) is 0 Å². The molecule has 4 rings (SSSR count). The molecular formula is C27H31N4O3+. The number of fused-ring (bicyclic) bond motifs is 1. The summed E-state index contributed by atoms with van der Waals surface area (Å²) in [6.07, 6.45) is 0.846. The second kappa shape index (κ2) is 10.1. The van der Waals surface area contributed by atoms with Crippen LogP contribution in [0.2, 0.25) is 0 Å². The molecule has 0 aliphatic carbocycles. The summed E-state index contributed by atoms with van der Waals surface area (Å²) in [5.41, 5.74) is 1.31. The fraction of sp³-hybridized carbons (Fsp3) is 0.259. The van der Waals surface area contributed by atoms with Crippen molar-refractivity contribution in [3.05, 3.63) is 95.6 Å². The molecule has 176 valence electrons. The molecule has 0 aromatic heterocycles. The second-order valence-corrected chi connectivity index (χ2v) is 8.63. The van der Waals surface area contributed by atoms with Crippen molar-refractivity contribution >= 4 is 23.3 Å². The minimum absolute atomic E-state index is 0.330. The van der Waals surface area contributed by atoms with Crippen LogP contribution in [0.3, 0.4) is 0 Å². The van der Waals surface area contributed by atoms with Crippen LogP contribution < -0.4 is 20.4 Å². The number of nitrogens with one attached hydrogen (secondary N) is 3. The molecule has 0 saturated carbocycles. The molecule has 0 saturated heterocycles. The third kappa shape index (κ3) is 4.66. The van der Waals surface area contributed by atoms with Crippen molar-refractivity contribution in [1.29, 1.82) is 0 Å². The average Bonchev–Trinajstić information content (AvgIpc) is 2.85. The molecule has 1 aliphatic heterocycles. The predicted octanol–water partition coefficient (Wildman–Crippen LogP) is 2.28. The van der Waals surface area contributed by atoms with Crippen LogP contribution in [-0.2, 0) is 23.5 Å². The zero-order valence-corrected chi connectivity index (χ0v) is 19.5. The number of hydrogen-bond acceptors (Lipinski definition) is 3. The van der Waals surface area contributed by atoms with Crippen molar-refractivity contribution in [3.63, 3.8) is 0 Å². The first kappa shape index (κ1) is 23.5. The van der Waals surface area contributed by atoms with E-state index in [2.05, 4.69) is 29.8 Å². The zero-order valence-electron chi connectivity index (χ0n) is 19.5. The fourth-order valence-electron chi connectivity index (χ4n) is 4.29. The van der Waals surface area contributed by atoms with E-state index in [0.29, 0.717) is 30.0 Å². The van der Waals surface area contributed by atoms with Crippen LogP contribution in [0.4, 0.5) is 16.2 Å². The minimum Gasteiger partial charge on any atom is -0.359 e. The maximum Gasteiger partial charge on any atom is 0.329 e. The summed E-state index contributed by atoms with van der Waals surface area (Å²) in [6.45, 7) is 3.88. The summed E-state index contributed by atoms with van der Waals surface area (Å²) < 4.78 is 0. The van der Waals surface area contributed by atoms with Gasteiger partial charge in [-0.25, -0.2) is 4.79 Å². The maximum atomic E-state index is 13.5. The molecule has 3 aromatic carbocycles. The molecule has 1 heterocycles. The molecule has 34 heavy (non-hydrogen) atoms. The van der Waals surface area contributed by atoms with Gasteiger partial charge in [0.15, 0.2) is 0 Å². The van der Waals surface area contributed by atoms with Gasteiger partial charge in [0.25, 0.3) is 11.6 Å². The highest BCUT2D eigenvalue weighted by Crippen LogP contribution is 2.39. The zero-order chi connectivity index (χ0) is 24.1. The first-order valence-electron chi connectivity index (χ1n) is 11.6. The Morgan fingerprint density at radius 2 is 1.68 bits per heavy atom. The SMILES string of the molecule is CCc1ccc(N2C(=O)Nc3ccccc3C2(O)C(=O)NCC[NH+](C)Cc2ccccc2)cc1. The van der Waals surface area contributed by atoms with Crippen LogP contribution in [0.5, 0.6) is 0 Å². The number of aryl methyl sites for hydroxylation is 1. The van der Waals surface area contributed by atoms with Crippen molar-refractivity contribution in [2.75, 3.05) is 30.4 Å². The Morgan fingerprint density at radius 3 is 2.38 bits per heavy atom. The Hall–Kier alpha value is -3.68. The molecule has 4 N–H and O–H groups in total. The molecule has 0 radical (unpaired) electrons. The monoisotopic (exact) mass is 459 g/mol. The lowest BCUT2D eigenvalue weighted by atomic mass is 9.94. The van der Waals surface area contributed by atoms with Crippen molar-refractivity contribution in [2.24, 2.45) is 0 Å². The number of carbonyl (C=O) groups excluding carboxylic acids is 2. The molecule has 0 fully saturated rings. The van der Waals surface area contributed by atoms with Crippen molar-refractivity contribution in [1.82, 2.24) is 5.32 Å². The highest BCUT2D eigenvalue weighted by molar-refractivity contribution is 6.11. The van der Waals surface area contributed by atoms with E-state index in [1.54, 1.807) is 36.4 Å². The van der Waals surface area contributed by atoms with E-state index in [4.69, 9.17) is 0 Å².